The van der Waals surface area contributed by atoms with Gasteiger partial charge < -0.3 is 0 Å². The number of halogens is 4. The van der Waals surface area contributed by atoms with Crippen molar-refractivity contribution in [3.05, 3.63) is 57.2 Å². The van der Waals surface area contributed by atoms with E-state index in [1.807, 2.05) is 28.7 Å². The maximum absolute atomic E-state index is 13.0. The molecule has 0 aliphatic rings. The third kappa shape index (κ3) is 3.67. The quantitative estimate of drug-likeness (QED) is 0.631. The zero-order chi connectivity index (χ0) is 14.8. The molecular weight excluding hydrogens is 398 g/mol. The Morgan fingerprint density at radius 3 is 2.25 bits per heavy atom. The summed E-state index contributed by atoms with van der Waals surface area (Å²) in [5.41, 5.74) is -0.160. The lowest BCUT2D eigenvalue weighted by atomic mass is 10.2. The maximum Gasteiger partial charge on any atom is 0.417 e. The predicted molar refractivity (Wildman–Crippen MR) is 79.4 cm³/mol. The molecule has 0 bridgehead atoms. The molecule has 0 spiro atoms. The van der Waals surface area contributed by atoms with Crippen LogP contribution in [-0.2, 0) is 6.18 Å². The van der Waals surface area contributed by atoms with Crippen LogP contribution >= 0.6 is 34.4 Å². The third-order valence-corrected chi connectivity index (χ3v) is 4.21. The van der Waals surface area contributed by atoms with Crippen LogP contribution in [-0.4, -0.2) is 0 Å². The molecule has 20 heavy (non-hydrogen) atoms. The highest BCUT2D eigenvalue weighted by molar-refractivity contribution is 14.1. The molecule has 0 saturated heterocycles. The lowest BCUT2D eigenvalue weighted by molar-refractivity contribution is -0.139. The third-order valence-electron chi connectivity index (χ3n) is 2.46. The average molecular weight is 405 g/mol. The zero-order valence-corrected chi connectivity index (χ0v) is 12.9. The monoisotopic (exact) mass is 405 g/mol. The Kier molecular flexibility index (Phi) is 4.60. The van der Waals surface area contributed by atoms with E-state index in [0.717, 1.165) is 17.8 Å². The van der Waals surface area contributed by atoms with Crippen LogP contribution < -0.4 is 0 Å². The molecule has 2 aromatic rings. The normalized spacial score (nSPS) is 11.2. The number of benzene rings is 2. The molecule has 0 atom stereocenters. The summed E-state index contributed by atoms with van der Waals surface area (Å²) in [6.45, 7) is 0. The second-order valence-corrected chi connectivity index (χ2v) is 6.24. The van der Waals surface area contributed by atoms with Gasteiger partial charge in [-0.1, -0.05) is 11.8 Å². The van der Waals surface area contributed by atoms with Crippen molar-refractivity contribution in [1.29, 1.82) is 5.26 Å². The van der Waals surface area contributed by atoms with Crippen molar-refractivity contribution < 1.29 is 13.2 Å². The number of nitrogens with zero attached hydrogens (tertiary/aromatic N) is 1. The van der Waals surface area contributed by atoms with Crippen molar-refractivity contribution in [2.45, 2.75) is 16.0 Å². The molecule has 6 heteroatoms. The van der Waals surface area contributed by atoms with Gasteiger partial charge in [0.1, 0.15) is 0 Å². The van der Waals surface area contributed by atoms with Crippen LogP contribution in [0.15, 0.2) is 52.3 Å². The van der Waals surface area contributed by atoms with Crippen molar-refractivity contribution >= 4 is 34.4 Å². The van der Waals surface area contributed by atoms with Crippen LogP contribution in [0.25, 0.3) is 0 Å². The molecule has 0 radical (unpaired) electrons. The second kappa shape index (κ2) is 6.06. The van der Waals surface area contributed by atoms with Gasteiger partial charge in [-0.15, -0.1) is 0 Å². The van der Waals surface area contributed by atoms with Crippen LogP contribution in [0.5, 0.6) is 0 Å². The van der Waals surface area contributed by atoms with E-state index in [9.17, 15) is 13.2 Å². The van der Waals surface area contributed by atoms with Gasteiger partial charge in [0.15, 0.2) is 0 Å². The summed E-state index contributed by atoms with van der Waals surface area (Å²) < 4.78 is 39.5. The summed E-state index contributed by atoms with van der Waals surface area (Å²) in [5.74, 6) is 0. The van der Waals surface area contributed by atoms with E-state index in [2.05, 4.69) is 0 Å². The molecular formula is C14H7F3INS. The standard InChI is InChI=1S/C14H7F3INS/c15-14(16,17)12-7-10(18)3-6-13(12)20-11-4-1-9(8-19)2-5-11/h1-7H. The molecule has 0 unspecified atom stereocenters. The van der Waals surface area contributed by atoms with Gasteiger partial charge in [-0.25, -0.2) is 0 Å². The second-order valence-electron chi connectivity index (χ2n) is 3.88. The average Bonchev–Trinajstić information content (AvgIpc) is 2.40. The van der Waals surface area contributed by atoms with Crippen LogP contribution in [0.4, 0.5) is 13.2 Å². The molecule has 1 nitrogen and oxygen atoms in total. The fourth-order valence-corrected chi connectivity index (χ4v) is 2.98. The molecule has 0 heterocycles. The zero-order valence-electron chi connectivity index (χ0n) is 9.91. The minimum atomic E-state index is -4.38. The van der Waals surface area contributed by atoms with Crippen molar-refractivity contribution in [3.63, 3.8) is 0 Å². The molecule has 0 aliphatic heterocycles. The molecule has 0 fully saturated rings. The summed E-state index contributed by atoms with van der Waals surface area (Å²) in [6, 6.07) is 12.7. The first kappa shape index (κ1) is 15.2. The Morgan fingerprint density at radius 1 is 1.05 bits per heavy atom. The van der Waals surface area contributed by atoms with E-state index in [1.165, 1.54) is 6.07 Å². The Hall–Kier alpha value is -1.20. The molecule has 0 aliphatic carbocycles. The van der Waals surface area contributed by atoms with E-state index in [-0.39, 0.29) is 4.90 Å². The minimum Gasteiger partial charge on any atom is -0.192 e. The molecule has 102 valence electrons. The summed E-state index contributed by atoms with van der Waals surface area (Å²) in [7, 11) is 0. The molecule has 2 rings (SSSR count). The van der Waals surface area contributed by atoms with Gasteiger partial charge >= 0.3 is 6.18 Å². The van der Waals surface area contributed by atoms with Gasteiger partial charge in [-0.05, 0) is 65.1 Å². The number of hydrogen-bond donors (Lipinski definition) is 0. The van der Waals surface area contributed by atoms with Crippen LogP contribution in [0.1, 0.15) is 11.1 Å². The highest BCUT2D eigenvalue weighted by atomic mass is 127. The number of alkyl halides is 3. The van der Waals surface area contributed by atoms with Crippen molar-refractivity contribution in [3.8, 4) is 6.07 Å². The van der Waals surface area contributed by atoms with Gasteiger partial charge in [0, 0.05) is 13.4 Å². The highest BCUT2D eigenvalue weighted by Crippen LogP contribution is 2.40. The van der Waals surface area contributed by atoms with Crippen LogP contribution in [0, 0.1) is 14.9 Å². The largest absolute Gasteiger partial charge is 0.417 e. The summed E-state index contributed by atoms with van der Waals surface area (Å²) in [6.07, 6.45) is -4.38. The van der Waals surface area contributed by atoms with Gasteiger partial charge in [0.05, 0.1) is 17.2 Å². The van der Waals surface area contributed by atoms with Crippen LogP contribution in [0.3, 0.4) is 0 Å². The van der Waals surface area contributed by atoms with E-state index in [0.29, 0.717) is 14.0 Å². The fraction of sp³-hybridized carbons (Fsp3) is 0.0714. The summed E-state index contributed by atoms with van der Waals surface area (Å²) >= 11 is 2.89. The SMILES string of the molecule is N#Cc1ccc(Sc2ccc(I)cc2C(F)(F)F)cc1. The topological polar surface area (TPSA) is 23.8 Å². The van der Waals surface area contributed by atoms with Gasteiger partial charge in [0.2, 0.25) is 0 Å². The predicted octanol–water partition coefficient (Wildman–Crippen LogP) is 5.33. The van der Waals surface area contributed by atoms with Gasteiger partial charge in [0.25, 0.3) is 0 Å². The molecule has 2 aromatic carbocycles. The van der Waals surface area contributed by atoms with Crippen molar-refractivity contribution in [2.24, 2.45) is 0 Å². The highest BCUT2D eigenvalue weighted by Gasteiger charge is 2.33. The van der Waals surface area contributed by atoms with Crippen molar-refractivity contribution in [1.82, 2.24) is 0 Å². The summed E-state index contributed by atoms with van der Waals surface area (Å²) in [5, 5.41) is 8.69. The van der Waals surface area contributed by atoms with E-state index in [1.54, 1.807) is 30.3 Å². The number of nitriles is 1. The first-order valence-corrected chi connectivity index (χ1v) is 7.34. The smallest absolute Gasteiger partial charge is 0.192 e. The Bertz CT molecular complexity index is 660. The Morgan fingerprint density at radius 2 is 1.70 bits per heavy atom. The maximum atomic E-state index is 13.0. The van der Waals surface area contributed by atoms with Gasteiger partial charge in [-0.2, -0.15) is 18.4 Å². The number of hydrogen-bond acceptors (Lipinski definition) is 2. The number of rotatable bonds is 2. The van der Waals surface area contributed by atoms with Crippen LogP contribution in [0.2, 0.25) is 0 Å². The molecule has 0 amide bonds. The fourth-order valence-electron chi connectivity index (χ4n) is 1.54. The van der Waals surface area contributed by atoms with Crippen molar-refractivity contribution in [2.75, 3.05) is 0 Å². The lowest BCUT2D eigenvalue weighted by Crippen LogP contribution is -2.07. The lowest BCUT2D eigenvalue weighted by Gasteiger charge is -2.12. The first-order valence-electron chi connectivity index (χ1n) is 5.45. The molecule has 0 saturated carbocycles. The molecule has 0 N–H and O–H groups in total. The Balaban J connectivity index is 2.35. The Labute approximate surface area is 131 Å². The van der Waals surface area contributed by atoms with E-state index >= 15 is 0 Å². The van der Waals surface area contributed by atoms with Gasteiger partial charge in [-0.3, -0.25) is 0 Å². The first-order chi connectivity index (χ1) is 9.40. The summed E-state index contributed by atoms with van der Waals surface area (Å²) in [4.78, 5) is 0.818. The van der Waals surface area contributed by atoms with E-state index in [4.69, 9.17) is 5.26 Å². The minimum absolute atomic E-state index is 0.155. The van der Waals surface area contributed by atoms with E-state index < -0.39 is 11.7 Å². The molecule has 0 aromatic heterocycles.